The maximum Gasteiger partial charge on any atom is 0.193 e. The van der Waals surface area contributed by atoms with Crippen molar-refractivity contribution in [1.82, 2.24) is 10.2 Å². The minimum absolute atomic E-state index is 0. The van der Waals surface area contributed by atoms with E-state index in [1.54, 1.807) is 7.11 Å². The van der Waals surface area contributed by atoms with Crippen LogP contribution in [0, 0.1) is 0 Å². The Kier molecular flexibility index (Phi) is 10.0. The lowest BCUT2D eigenvalue weighted by Crippen LogP contribution is -2.46. The van der Waals surface area contributed by atoms with Crippen LogP contribution in [-0.4, -0.2) is 57.4 Å². The standard InChI is InChI=1S/C22H31N3O2.HI/c1-23-22(25-12-10-21(11-13-25)27-15-5-14-26-2)24-17-18-8-9-19-6-3-4-7-20(19)16-18;/h3-4,6-9,16,21H,5,10-15,17H2,1-2H3,(H,23,24);1H. The number of likely N-dealkylation sites (tertiary alicyclic amines) is 1. The minimum atomic E-state index is 0. The molecule has 2 aromatic carbocycles. The van der Waals surface area contributed by atoms with Crippen LogP contribution in [-0.2, 0) is 16.0 Å². The van der Waals surface area contributed by atoms with Crippen LogP contribution in [0.15, 0.2) is 47.5 Å². The Labute approximate surface area is 185 Å². The largest absolute Gasteiger partial charge is 0.385 e. The molecule has 0 bridgehead atoms. The number of fused-ring (bicyclic) bond motifs is 1. The highest BCUT2D eigenvalue weighted by Gasteiger charge is 2.21. The molecule has 1 aliphatic rings. The fourth-order valence-electron chi connectivity index (χ4n) is 3.55. The third kappa shape index (κ3) is 6.60. The van der Waals surface area contributed by atoms with Gasteiger partial charge in [0.1, 0.15) is 0 Å². The van der Waals surface area contributed by atoms with Gasteiger partial charge >= 0.3 is 0 Å². The van der Waals surface area contributed by atoms with Gasteiger partial charge in [-0.3, -0.25) is 4.99 Å². The Balaban J connectivity index is 0.00000280. The van der Waals surface area contributed by atoms with E-state index in [0.717, 1.165) is 58.1 Å². The second kappa shape index (κ2) is 12.2. The first kappa shape index (κ1) is 22.9. The lowest BCUT2D eigenvalue weighted by atomic mass is 10.1. The van der Waals surface area contributed by atoms with E-state index in [1.807, 2.05) is 7.05 Å². The summed E-state index contributed by atoms with van der Waals surface area (Å²) in [7, 11) is 3.59. The molecule has 1 saturated heterocycles. The predicted octanol–water partition coefficient (Wildman–Crippen LogP) is 4.05. The zero-order valence-corrected chi connectivity index (χ0v) is 19.2. The second-order valence-electron chi connectivity index (χ2n) is 6.99. The summed E-state index contributed by atoms with van der Waals surface area (Å²) in [5, 5.41) is 6.07. The van der Waals surface area contributed by atoms with Crippen LogP contribution in [0.2, 0.25) is 0 Å². The number of ether oxygens (including phenoxy) is 2. The monoisotopic (exact) mass is 497 g/mol. The number of hydrogen-bond acceptors (Lipinski definition) is 3. The molecule has 0 saturated carbocycles. The highest BCUT2D eigenvalue weighted by atomic mass is 127. The number of guanidine groups is 1. The van der Waals surface area contributed by atoms with E-state index in [0.29, 0.717) is 6.10 Å². The summed E-state index contributed by atoms with van der Waals surface area (Å²) in [4.78, 5) is 6.80. The van der Waals surface area contributed by atoms with E-state index < -0.39 is 0 Å². The summed E-state index contributed by atoms with van der Waals surface area (Å²) in [5.41, 5.74) is 1.27. The van der Waals surface area contributed by atoms with Gasteiger partial charge in [-0.25, -0.2) is 0 Å². The van der Waals surface area contributed by atoms with Crippen molar-refractivity contribution in [3.63, 3.8) is 0 Å². The number of nitrogens with zero attached hydrogens (tertiary/aromatic N) is 2. The average Bonchev–Trinajstić information content (AvgIpc) is 2.72. The Hall–Kier alpha value is -1.38. The lowest BCUT2D eigenvalue weighted by molar-refractivity contribution is 0.00989. The first-order valence-electron chi connectivity index (χ1n) is 9.84. The number of hydrogen-bond donors (Lipinski definition) is 1. The second-order valence-corrected chi connectivity index (χ2v) is 6.99. The molecular weight excluding hydrogens is 465 g/mol. The highest BCUT2D eigenvalue weighted by molar-refractivity contribution is 14.0. The number of aliphatic imine (C=N–C) groups is 1. The Bertz CT molecular complexity index is 745. The number of piperidine rings is 1. The maximum atomic E-state index is 5.95. The fourth-order valence-corrected chi connectivity index (χ4v) is 3.55. The lowest BCUT2D eigenvalue weighted by Gasteiger charge is -2.34. The van der Waals surface area contributed by atoms with Crippen molar-refractivity contribution in [2.45, 2.75) is 31.9 Å². The zero-order valence-electron chi connectivity index (χ0n) is 16.9. The van der Waals surface area contributed by atoms with Gasteiger partial charge in [0.25, 0.3) is 0 Å². The summed E-state index contributed by atoms with van der Waals surface area (Å²) in [6.45, 7) is 4.29. The van der Waals surface area contributed by atoms with Gasteiger partial charge in [0.2, 0.25) is 0 Å². The summed E-state index contributed by atoms with van der Waals surface area (Å²) >= 11 is 0. The molecule has 6 heteroatoms. The molecular formula is C22H32IN3O2. The summed E-state index contributed by atoms with van der Waals surface area (Å²) < 4.78 is 11.0. The van der Waals surface area contributed by atoms with Crippen molar-refractivity contribution in [2.75, 3.05) is 40.5 Å². The van der Waals surface area contributed by atoms with Gasteiger partial charge in [-0.2, -0.15) is 0 Å². The Morgan fingerprint density at radius 3 is 2.57 bits per heavy atom. The molecule has 1 N–H and O–H groups in total. The van der Waals surface area contributed by atoms with Crippen molar-refractivity contribution >= 4 is 40.7 Å². The minimum Gasteiger partial charge on any atom is -0.385 e. The van der Waals surface area contributed by atoms with Crippen molar-refractivity contribution in [2.24, 2.45) is 4.99 Å². The first-order valence-corrected chi connectivity index (χ1v) is 9.84. The van der Waals surface area contributed by atoms with Crippen LogP contribution < -0.4 is 5.32 Å². The van der Waals surface area contributed by atoms with Crippen LogP contribution >= 0.6 is 24.0 Å². The Morgan fingerprint density at radius 1 is 1.11 bits per heavy atom. The van der Waals surface area contributed by atoms with Crippen molar-refractivity contribution in [1.29, 1.82) is 0 Å². The molecule has 0 unspecified atom stereocenters. The number of halogens is 1. The molecule has 0 aromatic heterocycles. The van der Waals surface area contributed by atoms with Gasteiger partial charge in [0.05, 0.1) is 6.10 Å². The zero-order chi connectivity index (χ0) is 18.9. The topological polar surface area (TPSA) is 46.1 Å². The van der Waals surface area contributed by atoms with Gasteiger partial charge in [-0.15, -0.1) is 24.0 Å². The molecule has 0 radical (unpaired) electrons. The average molecular weight is 497 g/mol. The van der Waals surface area contributed by atoms with E-state index >= 15 is 0 Å². The van der Waals surface area contributed by atoms with Crippen LogP contribution in [0.3, 0.4) is 0 Å². The number of methoxy groups -OCH3 is 1. The summed E-state index contributed by atoms with van der Waals surface area (Å²) in [6, 6.07) is 15.1. The molecule has 3 rings (SSSR count). The van der Waals surface area contributed by atoms with Crippen LogP contribution in [0.5, 0.6) is 0 Å². The first-order chi connectivity index (χ1) is 13.3. The van der Waals surface area contributed by atoms with Crippen molar-refractivity contribution < 1.29 is 9.47 Å². The van der Waals surface area contributed by atoms with E-state index in [4.69, 9.17) is 9.47 Å². The normalized spacial score (nSPS) is 15.5. The van der Waals surface area contributed by atoms with E-state index in [9.17, 15) is 0 Å². The van der Waals surface area contributed by atoms with Crippen LogP contribution in [0.4, 0.5) is 0 Å². The molecule has 0 spiro atoms. The molecule has 28 heavy (non-hydrogen) atoms. The third-order valence-corrected chi connectivity index (χ3v) is 5.06. The third-order valence-electron chi connectivity index (χ3n) is 5.06. The maximum absolute atomic E-state index is 5.95. The van der Waals surface area contributed by atoms with Gasteiger partial charge in [-0.05, 0) is 41.7 Å². The molecule has 1 fully saturated rings. The van der Waals surface area contributed by atoms with E-state index in [2.05, 4.69) is 57.7 Å². The van der Waals surface area contributed by atoms with Gasteiger partial charge in [-0.1, -0.05) is 36.4 Å². The molecule has 1 aliphatic heterocycles. The molecule has 5 nitrogen and oxygen atoms in total. The van der Waals surface area contributed by atoms with Crippen LogP contribution in [0.25, 0.3) is 10.8 Å². The molecule has 0 amide bonds. The fraction of sp³-hybridized carbons (Fsp3) is 0.500. The van der Waals surface area contributed by atoms with E-state index in [1.165, 1.54) is 16.3 Å². The molecule has 154 valence electrons. The van der Waals surface area contributed by atoms with Crippen molar-refractivity contribution in [3.05, 3.63) is 48.0 Å². The summed E-state index contributed by atoms with van der Waals surface area (Å²) in [6.07, 6.45) is 3.41. The van der Waals surface area contributed by atoms with Gasteiger partial charge < -0.3 is 19.7 Å². The quantitative estimate of drug-likeness (QED) is 0.272. The molecule has 0 atom stereocenters. The Morgan fingerprint density at radius 2 is 1.86 bits per heavy atom. The SMILES string of the molecule is CN=C(NCc1ccc2ccccc2c1)N1CCC(OCCCOC)CC1.I. The number of rotatable bonds is 7. The highest BCUT2D eigenvalue weighted by Crippen LogP contribution is 2.17. The predicted molar refractivity (Wildman–Crippen MR) is 127 cm³/mol. The number of benzene rings is 2. The molecule has 0 aliphatic carbocycles. The van der Waals surface area contributed by atoms with E-state index in [-0.39, 0.29) is 24.0 Å². The van der Waals surface area contributed by atoms with Gasteiger partial charge in [0, 0.05) is 47.0 Å². The molecule has 2 aromatic rings. The summed E-state index contributed by atoms with van der Waals surface area (Å²) in [5.74, 6) is 0.973. The van der Waals surface area contributed by atoms with Gasteiger partial charge in [0.15, 0.2) is 5.96 Å². The number of nitrogens with one attached hydrogen (secondary N) is 1. The molecule has 1 heterocycles. The van der Waals surface area contributed by atoms with Crippen LogP contribution in [0.1, 0.15) is 24.8 Å². The smallest absolute Gasteiger partial charge is 0.193 e. The van der Waals surface area contributed by atoms with Crippen molar-refractivity contribution in [3.8, 4) is 0 Å².